The van der Waals surface area contributed by atoms with Crippen LogP contribution in [-0.2, 0) is 0 Å². The Labute approximate surface area is 171 Å². The van der Waals surface area contributed by atoms with Crippen LogP contribution in [0.15, 0.2) is 0 Å². The molecule has 0 aromatic rings. The summed E-state index contributed by atoms with van der Waals surface area (Å²) < 4.78 is 0. The molecular weight excluding hydrogens is 334 g/mol. The van der Waals surface area contributed by atoms with E-state index < -0.39 is 0 Å². The summed E-state index contributed by atoms with van der Waals surface area (Å²) in [6, 6.07) is 0. The van der Waals surface area contributed by atoms with Gasteiger partial charge in [0.25, 0.3) is 0 Å². The second kappa shape index (κ2) is 17.9. The van der Waals surface area contributed by atoms with Gasteiger partial charge in [-0.25, -0.2) is 0 Å². The van der Waals surface area contributed by atoms with Crippen molar-refractivity contribution in [3.8, 4) is 0 Å². The molecule has 5 heteroatoms. The van der Waals surface area contributed by atoms with Gasteiger partial charge >= 0.3 is 0 Å². The van der Waals surface area contributed by atoms with Gasteiger partial charge in [0.15, 0.2) is 0 Å². The van der Waals surface area contributed by atoms with Crippen molar-refractivity contribution in [2.75, 3.05) is 98.2 Å². The minimum Gasteiger partial charge on any atom is -0.303 e. The Morgan fingerprint density at radius 3 is 0.667 bits per heavy atom. The zero-order valence-electron chi connectivity index (χ0n) is 19.8. The molecule has 0 aliphatic heterocycles. The zero-order valence-corrected chi connectivity index (χ0v) is 19.8. The Morgan fingerprint density at radius 2 is 0.444 bits per heavy atom. The largest absolute Gasteiger partial charge is 0.303 e. The van der Waals surface area contributed by atoms with E-state index in [1.165, 1.54) is 52.4 Å². The number of likely N-dealkylation sites (N-methyl/N-ethyl adjacent to an activating group) is 4. The van der Waals surface area contributed by atoms with Gasteiger partial charge in [0.2, 0.25) is 0 Å². The van der Waals surface area contributed by atoms with Gasteiger partial charge in [-0.05, 0) is 45.8 Å². The zero-order chi connectivity index (χ0) is 20.5. The van der Waals surface area contributed by atoms with Crippen LogP contribution in [0.1, 0.15) is 48.5 Å². The topological polar surface area (TPSA) is 16.2 Å². The Hall–Kier alpha value is -0.200. The lowest BCUT2D eigenvalue weighted by Gasteiger charge is -2.31. The van der Waals surface area contributed by atoms with Crippen LogP contribution in [0, 0.1) is 0 Å². The molecule has 0 fully saturated rings. The van der Waals surface area contributed by atoms with Crippen LogP contribution < -0.4 is 0 Å². The predicted molar refractivity (Wildman–Crippen MR) is 122 cm³/mol. The van der Waals surface area contributed by atoms with Gasteiger partial charge in [0, 0.05) is 52.4 Å². The fourth-order valence-corrected chi connectivity index (χ4v) is 3.51. The molecule has 0 aromatic carbocycles. The van der Waals surface area contributed by atoms with E-state index in [1.54, 1.807) is 0 Å². The van der Waals surface area contributed by atoms with Crippen molar-refractivity contribution < 1.29 is 0 Å². The molecule has 0 saturated heterocycles. The summed E-state index contributed by atoms with van der Waals surface area (Å²) in [5, 5.41) is 0. The second-order valence-electron chi connectivity index (χ2n) is 7.36. The van der Waals surface area contributed by atoms with Crippen molar-refractivity contribution in [3.05, 3.63) is 0 Å². The van der Waals surface area contributed by atoms with E-state index in [4.69, 9.17) is 0 Å². The highest BCUT2D eigenvalue weighted by Crippen LogP contribution is 1.98. The van der Waals surface area contributed by atoms with Gasteiger partial charge in [-0.2, -0.15) is 0 Å². The average molecular weight is 386 g/mol. The van der Waals surface area contributed by atoms with Crippen molar-refractivity contribution in [1.29, 1.82) is 0 Å². The van der Waals surface area contributed by atoms with Crippen LogP contribution in [0.3, 0.4) is 0 Å². The molecular formula is C22H51N5. The van der Waals surface area contributed by atoms with Crippen molar-refractivity contribution >= 4 is 0 Å². The predicted octanol–water partition coefficient (Wildman–Crippen LogP) is 2.64. The van der Waals surface area contributed by atoms with Crippen LogP contribution in [0.5, 0.6) is 0 Å². The van der Waals surface area contributed by atoms with E-state index in [0.29, 0.717) is 0 Å². The van der Waals surface area contributed by atoms with Gasteiger partial charge < -0.3 is 19.6 Å². The first-order valence-electron chi connectivity index (χ1n) is 11.7. The van der Waals surface area contributed by atoms with E-state index in [1.807, 2.05) is 0 Å². The summed E-state index contributed by atoms with van der Waals surface area (Å²) in [6.07, 6.45) is 0. The number of hydrogen-bond donors (Lipinski definition) is 0. The number of hydrogen-bond acceptors (Lipinski definition) is 5. The maximum Gasteiger partial charge on any atom is 0.0110 e. The Bertz CT molecular complexity index is 285. The third-order valence-corrected chi connectivity index (χ3v) is 6.06. The van der Waals surface area contributed by atoms with Crippen molar-refractivity contribution in [2.24, 2.45) is 0 Å². The molecule has 0 bridgehead atoms. The summed E-state index contributed by atoms with van der Waals surface area (Å²) in [5.74, 6) is 0. The highest BCUT2D eigenvalue weighted by atomic mass is 15.2. The monoisotopic (exact) mass is 385 g/mol. The number of rotatable bonds is 19. The summed E-state index contributed by atoms with van der Waals surface area (Å²) >= 11 is 0. The van der Waals surface area contributed by atoms with Crippen LogP contribution in [-0.4, -0.2) is 123 Å². The number of nitrogens with zero attached hydrogens (tertiary/aromatic N) is 5. The average Bonchev–Trinajstić information content (AvgIpc) is 2.71. The molecule has 0 rings (SSSR count). The molecule has 0 saturated carbocycles. The first kappa shape index (κ1) is 26.8. The third kappa shape index (κ3) is 12.8. The van der Waals surface area contributed by atoms with Gasteiger partial charge in [-0.1, -0.05) is 48.5 Å². The normalized spacial score (nSPS) is 12.4. The van der Waals surface area contributed by atoms with Crippen molar-refractivity contribution in [1.82, 2.24) is 24.5 Å². The Morgan fingerprint density at radius 1 is 0.259 bits per heavy atom. The standard InChI is InChI=1S/C22H51N5/c1-8-23(9-2)15-18-26(14-7)19-22-27(20-16-24(10-3)11-4)21-17-25(12-5)13-6/h8-22H2,1-7H3. The highest BCUT2D eigenvalue weighted by molar-refractivity contribution is 4.68. The maximum atomic E-state index is 2.69. The quantitative estimate of drug-likeness (QED) is 0.339. The molecule has 0 aromatic heterocycles. The SMILES string of the molecule is CCN(CC)CCN(CC)CCN(CCN(CC)CC)CCN(CC)CC. The molecule has 0 unspecified atom stereocenters. The van der Waals surface area contributed by atoms with Gasteiger partial charge in [0.1, 0.15) is 0 Å². The van der Waals surface area contributed by atoms with E-state index in [-0.39, 0.29) is 0 Å². The van der Waals surface area contributed by atoms with Crippen molar-refractivity contribution in [3.63, 3.8) is 0 Å². The molecule has 0 atom stereocenters. The van der Waals surface area contributed by atoms with Gasteiger partial charge in [-0.3, -0.25) is 4.90 Å². The van der Waals surface area contributed by atoms with Crippen LogP contribution in [0.2, 0.25) is 0 Å². The molecule has 0 aliphatic carbocycles. The molecule has 0 spiro atoms. The summed E-state index contributed by atoms with van der Waals surface area (Å²) in [6.45, 7) is 33.6. The Balaban J connectivity index is 4.54. The fraction of sp³-hybridized carbons (Fsp3) is 1.00. The minimum atomic E-state index is 1.15. The smallest absolute Gasteiger partial charge is 0.0110 e. The molecule has 0 aliphatic rings. The van der Waals surface area contributed by atoms with Crippen LogP contribution >= 0.6 is 0 Å². The highest BCUT2D eigenvalue weighted by Gasteiger charge is 2.12. The fourth-order valence-electron chi connectivity index (χ4n) is 3.51. The summed E-state index contributed by atoms with van der Waals surface area (Å²) in [7, 11) is 0. The third-order valence-electron chi connectivity index (χ3n) is 6.06. The molecule has 0 amide bonds. The lowest BCUT2D eigenvalue weighted by molar-refractivity contribution is 0.156. The van der Waals surface area contributed by atoms with E-state index in [2.05, 4.69) is 73.0 Å². The molecule has 27 heavy (non-hydrogen) atoms. The molecule has 164 valence electrons. The van der Waals surface area contributed by atoms with Crippen molar-refractivity contribution in [2.45, 2.75) is 48.5 Å². The lowest BCUT2D eigenvalue weighted by Crippen LogP contribution is -2.44. The Kier molecular flexibility index (Phi) is 17.7. The van der Waals surface area contributed by atoms with Gasteiger partial charge in [0.05, 0.1) is 0 Å². The summed E-state index contributed by atoms with van der Waals surface area (Å²) in [5.41, 5.74) is 0. The molecule has 0 heterocycles. The van der Waals surface area contributed by atoms with E-state index in [9.17, 15) is 0 Å². The minimum absolute atomic E-state index is 1.15. The first-order valence-corrected chi connectivity index (χ1v) is 11.7. The van der Waals surface area contributed by atoms with E-state index in [0.717, 1.165) is 45.8 Å². The summed E-state index contributed by atoms with van der Waals surface area (Å²) in [4.78, 5) is 12.9. The van der Waals surface area contributed by atoms with Crippen LogP contribution in [0.4, 0.5) is 0 Å². The lowest BCUT2D eigenvalue weighted by atomic mass is 10.3. The maximum absolute atomic E-state index is 2.69. The molecule has 0 N–H and O–H groups in total. The van der Waals surface area contributed by atoms with E-state index >= 15 is 0 Å². The van der Waals surface area contributed by atoms with Crippen LogP contribution in [0.25, 0.3) is 0 Å². The van der Waals surface area contributed by atoms with Gasteiger partial charge in [-0.15, -0.1) is 0 Å². The molecule has 5 nitrogen and oxygen atoms in total. The second-order valence-corrected chi connectivity index (χ2v) is 7.36. The first-order chi connectivity index (χ1) is 13.1. The molecule has 0 radical (unpaired) electrons.